The van der Waals surface area contributed by atoms with Crippen LogP contribution >= 0.6 is 0 Å². The van der Waals surface area contributed by atoms with Crippen molar-refractivity contribution in [1.82, 2.24) is 15.3 Å². The molecule has 1 saturated heterocycles. The number of nitriles is 1. The number of pyridine rings is 1. The van der Waals surface area contributed by atoms with Crippen LogP contribution in [0.3, 0.4) is 0 Å². The molecule has 2 aromatic carbocycles. The van der Waals surface area contributed by atoms with Crippen molar-refractivity contribution in [3.8, 4) is 17.5 Å². The number of benzene rings is 2. The van der Waals surface area contributed by atoms with Crippen molar-refractivity contribution in [2.75, 3.05) is 24.5 Å². The van der Waals surface area contributed by atoms with Crippen LogP contribution in [-0.4, -0.2) is 35.5 Å². The van der Waals surface area contributed by atoms with Crippen LogP contribution in [0.4, 0.5) is 19.0 Å². The molecule has 5 rings (SSSR count). The minimum atomic E-state index is -4.40. The van der Waals surface area contributed by atoms with E-state index in [2.05, 4.69) is 21.4 Å². The van der Waals surface area contributed by atoms with Crippen molar-refractivity contribution in [3.63, 3.8) is 0 Å². The van der Waals surface area contributed by atoms with E-state index in [1.54, 1.807) is 36.4 Å². The maximum atomic E-state index is 12.8. The summed E-state index contributed by atoms with van der Waals surface area (Å²) in [5.41, 5.74) is 3.96. The third kappa shape index (κ3) is 6.09. The molecule has 0 spiro atoms. The Labute approximate surface area is 235 Å². The van der Waals surface area contributed by atoms with Gasteiger partial charge in [0.15, 0.2) is 5.58 Å². The standard InChI is InChI=1S/C31H28F3N5O2/c1-3-19(2)25-14-21(16-35)15-26-28(25)41-30(38-26)23-6-4-22(5-7-23)29(40)37-17-20-10-12-39(13-11-20)27-9-8-24(18-36-27)31(32,33)34/h3-9,14-15,18,20H,10-13,17H2,1-2H3,(H,37,40)/b19-3+. The quantitative estimate of drug-likeness (QED) is 0.278. The zero-order chi connectivity index (χ0) is 29.1. The van der Waals surface area contributed by atoms with E-state index in [1.165, 1.54) is 6.07 Å². The SMILES string of the molecule is C/C=C(\C)c1cc(C#N)cc2nc(-c3ccc(C(=O)NCC4CCN(c5ccc(C(F)(F)F)cn5)CC4)cc3)oc12. The van der Waals surface area contributed by atoms with Crippen molar-refractivity contribution in [2.24, 2.45) is 5.92 Å². The van der Waals surface area contributed by atoms with E-state index in [9.17, 15) is 23.2 Å². The summed E-state index contributed by atoms with van der Waals surface area (Å²) in [6.45, 7) is 5.69. The van der Waals surface area contributed by atoms with Crippen molar-refractivity contribution < 1.29 is 22.4 Å². The van der Waals surface area contributed by atoms with Gasteiger partial charge in [-0.1, -0.05) is 6.08 Å². The Kier molecular flexibility index (Phi) is 7.79. The van der Waals surface area contributed by atoms with Crippen LogP contribution in [0.2, 0.25) is 0 Å². The molecule has 2 aromatic heterocycles. The highest BCUT2D eigenvalue weighted by Crippen LogP contribution is 2.32. The van der Waals surface area contributed by atoms with Gasteiger partial charge < -0.3 is 14.6 Å². The molecule has 0 aliphatic carbocycles. The number of amides is 1. The van der Waals surface area contributed by atoms with Gasteiger partial charge in [0.25, 0.3) is 5.91 Å². The van der Waals surface area contributed by atoms with Gasteiger partial charge in [-0.25, -0.2) is 9.97 Å². The van der Waals surface area contributed by atoms with Crippen molar-refractivity contribution in [2.45, 2.75) is 32.9 Å². The Morgan fingerprint density at radius 2 is 1.90 bits per heavy atom. The van der Waals surface area contributed by atoms with Gasteiger partial charge >= 0.3 is 6.18 Å². The molecule has 1 N–H and O–H groups in total. The molecule has 1 aliphatic heterocycles. The zero-order valence-corrected chi connectivity index (χ0v) is 22.6. The number of piperidine rings is 1. The maximum Gasteiger partial charge on any atom is 0.417 e. The third-order valence-corrected chi connectivity index (χ3v) is 7.44. The predicted molar refractivity (Wildman–Crippen MR) is 150 cm³/mol. The molecule has 41 heavy (non-hydrogen) atoms. The number of allylic oxidation sites excluding steroid dienone is 2. The molecule has 0 radical (unpaired) electrons. The van der Waals surface area contributed by atoms with Gasteiger partial charge in [0.05, 0.1) is 17.2 Å². The van der Waals surface area contributed by atoms with E-state index < -0.39 is 11.7 Å². The first-order valence-corrected chi connectivity index (χ1v) is 13.3. The molecular formula is C31H28F3N5O2. The molecule has 0 unspecified atom stereocenters. The molecule has 3 heterocycles. The van der Waals surface area contributed by atoms with E-state index in [-0.39, 0.29) is 11.8 Å². The number of hydrogen-bond acceptors (Lipinski definition) is 6. The lowest BCUT2D eigenvalue weighted by Gasteiger charge is -2.33. The second kappa shape index (κ2) is 11.5. The van der Waals surface area contributed by atoms with Crippen molar-refractivity contribution in [1.29, 1.82) is 5.26 Å². The molecule has 1 fully saturated rings. The van der Waals surface area contributed by atoms with Gasteiger partial charge in [0, 0.05) is 42.5 Å². The molecule has 7 nitrogen and oxygen atoms in total. The number of carbonyl (C=O) groups is 1. The minimum Gasteiger partial charge on any atom is -0.435 e. The highest BCUT2D eigenvalue weighted by atomic mass is 19.4. The summed E-state index contributed by atoms with van der Waals surface area (Å²) in [5.74, 6) is 1.00. The molecule has 0 atom stereocenters. The summed E-state index contributed by atoms with van der Waals surface area (Å²) in [4.78, 5) is 23.3. The van der Waals surface area contributed by atoms with Gasteiger partial charge in [0.2, 0.25) is 5.89 Å². The summed E-state index contributed by atoms with van der Waals surface area (Å²) >= 11 is 0. The van der Waals surface area contributed by atoms with Crippen LogP contribution in [0.5, 0.6) is 0 Å². The first-order valence-electron chi connectivity index (χ1n) is 13.3. The van der Waals surface area contributed by atoms with Crippen LogP contribution < -0.4 is 10.2 Å². The molecule has 10 heteroatoms. The first kappa shape index (κ1) is 27.9. The topological polar surface area (TPSA) is 95.0 Å². The van der Waals surface area contributed by atoms with E-state index in [0.717, 1.165) is 36.2 Å². The molecule has 0 bridgehead atoms. The van der Waals surface area contributed by atoms with Crippen LogP contribution in [0.15, 0.2) is 65.2 Å². The summed E-state index contributed by atoms with van der Waals surface area (Å²) in [6, 6.07) is 15.1. The fourth-order valence-corrected chi connectivity index (χ4v) is 4.88. The monoisotopic (exact) mass is 559 g/mol. The van der Waals surface area contributed by atoms with E-state index >= 15 is 0 Å². The second-order valence-corrected chi connectivity index (χ2v) is 10.1. The smallest absolute Gasteiger partial charge is 0.417 e. The van der Waals surface area contributed by atoms with Gasteiger partial charge in [-0.05, 0) is 86.7 Å². The zero-order valence-electron chi connectivity index (χ0n) is 22.6. The number of oxazole rings is 1. The largest absolute Gasteiger partial charge is 0.435 e. The maximum absolute atomic E-state index is 12.8. The number of fused-ring (bicyclic) bond motifs is 1. The minimum absolute atomic E-state index is 0.189. The Morgan fingerprint density at radius 3 is 2.51 bits per heavy atom. The fourth-order valence-electron chi connectivity index (χ4n) is 4.88. The van der Waals surface area contributed by atoms with Gasteiger partial charge in [-0.15, -0.1) is 0 Å². The Morgan fingerprint density at radius 1 is 1.17 bits per heavy atom. The normalized spacial score (nSPS) is 14.7. The van der Waals surface area contributed by atoms with E-state index in [0.29, 0.717) is 59.1 Å². The molecule has 4 aromatic rings. The summed E-state index contributed by atoms with van der Waals surface area (Å²) in [5, 5.41) is 12.4. The third-order valence-electron chi connectivity index (χ3n) is 7.44. The number of carbonyl (C=O) groups excluding carboxylic acids is 1. The fraction of sp³-hybridized carbons (Fsp3) is 0.290. The highest BCUT2D eigenvalue weighted by molar-refractivity contribution is 5.95. The average molecular weight is 560 g/mol. The number of anilines is 1. The van der Waals surface area contributed by atoms with Gasteiger partial charge in [-0.2, -0.15) is 18.4 Å². The summed E-state index contributed by atoms with van der Waals surface area (Å²) in [7, 11) is 0. The number of halogens is 3. The predicted octanol–water partition coefficient (Wildman–Crippen LogP) is 6.85. The Bertz CT molecular complexity index is 1630. The first-order chi connectivity index (χ1) is 19.7. The highest BCUT2D eigenvalue weighted by Gasteiger charge is 2.31. The van der Waals surface area contributed by atoms with Gasteiger partial charge in [-0.3, -0.25) is 4.79 Å². The van der Waals surface area contributed by atoms with E-state index in [1.807, 2.05) is 24.8 Å². The number of rotatable bonds is 6. The number of nitrogens with zero attached hydrogens (tertiary/aromatic N) is 4. The average Bonchev–Trinajstić information content (AvgIpc) is 3.43. The second-order valence-electron chi connectivity index (χ2n) is 10.1. The van der Waals surface area contributed by atoms with Crippen LogP contribution in [-0.2, 0) is 6.18 Å². The number of hydrogen-bond donors (Lipinski definition) is 1. The lowest BCUT2D eigenvalue weighted by Crippen LogP contribution is -2.39. The summed E-state index contributed by atoms with van der Waals surface area (Å²) in [6.07, 6.45) is -0.00144. The van der Waals surface area contributed by atoms with Crippen LogP contribution in [0.1, 0.15) is 53.7 Å². The number of nitrogens with one attached hydrogen (secondary N) is 1. The molecule has 1 aliphatic rings. The number of aromatic nitrogens is 2. The van der Waals surface area contributed by atoms with Crippen molar-refractivity contribution >= 4 is 28.4 Å². The van der Waals surface area contributed by atoms with Crippen LogP contribution in [0, 0.1) is 17.2 Å². The van der Waals surface area contributed by atoms with Gasteiger partial charge in [0.1, 0.15) is 11.3 Å². The molecule has 0 saturated carbocycles. The summed E-state index contributed by atoms with van der Waals surface area (Å²) < 4.78 is 44.4. The van der Waals surface area contributed by atoms with Crippen molar-refractivity contribution in [3.05, 3.63) is 83.1 Å². The van der Waals surface area contributed by atoms with E-state index in [4.69, 9.17) is 4.42 Å². The molecule has 1 amide bonds. The molecular weight excluding hydrogens is 531 g/mol. The lowest BCUT2D eigenvalue weighted by atomic mass is 9.96. The molecule has 210 valence electrons. The number of alkyl halides is 3. The Balaban J connectivity index is 1.18. The lowest BCUT2D eigenvalue weighted by molar-refractivity contribution is -0.137. The van der Waals surface area contributed by atoms with Crippen LogP contribution in [0.25, 0.3) is 28.1 Å². The Hall–Kier alpha value is -4.65.